The number of nitrogens with zero attached hydrogens (tertiary/aromatic N) is 1. The molecule has 2 heterocycles. The van der Waals surface area contributed by atoms with Crippen molar-refractivity contribution in [1.82, 2.24) is 10.2 Å². The molecule has 0 radical (unpaired) electrons. The Morgan fingerprint density at radius 2 is 2.04 bits per heavy atom. The summed E-state index contributed by atoms with van der Waals surface area (Å²) < 4.78 is 5.79. The van der Waals surface area contributed by atoms with Crippen LogP contribution in [-0.4, -0.2) is 30.1 Å². The lowest BCUT2D eigenvalue weighted by atomic mass is 9.77. The van der Waals surface area contributed by atoms with Crippen LogP contribution in [0.15, 0.2) is 53.8 Å². The lowest BCUT2D eigenvalue weighted by Gasteiger charge is -2.47. The van der Waals surface area contributed by atoms with Gasteiger partial charge in [0, 0.05) is 18.9 Å². The van der Waals surface area contributed by atoms with E-state index in [1.54, 1.807) is 0 Å². The smallest absolute Gasteiger partial charge is 0.318 e. The highest BCUT2D eigenvalue weighted by atomic mass is 16.5. The molecule has 2 aliphatic carbocycles. The van der Waals surface area contributed by atoms with E-state index >= 15 is 0 Å². The van der Waals surface area contributed by atoms with Gasteiger partial charge in [-0.2, -0.15) is 0 Å². The molecule has 4 aliphatic rings. The largest absolute Gasteiger partial charge is 0.493 e. The first-order valence-electron chi connectivity index (χ1n) is 8.97. The predicted molar refractivity (Wildman–Crippen MR) is 91.2 cm³/mol. The van der Waals surface area contributed by atoms with E-state index in [2.05, 4.69) is 34.5 Å². The fraction of sp³-hybridized carbons (Fsp3) is 0.450. The SMILES string of the molecule is O=C1NC(c2ccccc2)C2C=CC3=C(CCO3)C2N1CC1CC1. The van der Waals surface area contributed by atoms with Crippen LogP contribution in [0.3, 0.4) is 0 Å². The number of allylic oxidation sites excluding steroid dienone is 1. The lowest BCUT2D eigenvalue weighted by molar-refractivity contribution is 0.122. The van der Waals surface area contributed by atoms with Gasteiger partial charge in [0.1, 0.15) is 5.76 Å². The van der Waals surface area contributed by atoms with E-state index in [-0.39, 0.29) is 24.0 Å². The third-order valence-electron chi connectivity index (χ3n) is 5.71. The van der Waals surface area contributed by atoms with Crippen molar-refractivity contribution in [3.05, 3.63) is 59.4 Å². The molecule has 2 fully saturated rings. The maximum atomic E-state index is 12.9. The number of rotatable bonds is 3. The minimum absolute atomic E-state index is 0.0325. The van der Waals surface area contributed by atoms with Crippen molar-refractivity contribution in [2.24, 2.45) is 11.8 Å². The molecule has 2 aliphatic heterocycles. The number of benzene rings is 1. The quantitative estimate of drug-likeness (QED) is 0.927. The van der Waals surface area contributed by atoms with Crippen LogP contribution in [0.25, 0.3) is 0 Å². The molecule has 5 rings (SSSR count). The fourth-order valence-electron chi connectivity index (χ4n) is 4.34. The second kappa shape index (κ2) is 5.40. The molecule has 2 amide bonds. The average molecular weight is 322 g/mol. The summed E-state index contributed by atoms with van der Waals surface area (Å²) in [6.07, 6.45) is 7.80. The van der Waals surface area contributed by atoms with Gasteiger partial charge in [-0.15, -0.1) is 0 Å². The summed E-state index contributed by atoms with van der Waals surface area (Å²) in [5.74, 6) is 1.95. The summed E-state index contributed by atoms with van der Waals surface area (Å²) in [6, 6.07) is 10.6. The number of nitrogens with one attached hydrogen (secondary N) is 1. The summed E-state index contributed by atoms with van der Waals surface area (Å²) in [5, 5.41) is 3.27. The molecule has 1 N–H and O–H groups in total. The van der Waals surface area contributed by atoms with Crippen LogP contribution >= 0.6 is 0 Å². The molecule has 24 heavy (non-hydrogen) atoms. The fourth-order valence-corrected chi connectivity index (χ4v) is 4.34. The Morgan fingerprint density at radius 3 is 2.83 bits per heavy atom. The van der Waals surface area contributed by atoms with Gasteiger partial charge in [-0.1, -0.05) is 36.4 Å². The Morgan fingerprint density at radius 1 is 1.21 bits per heavy atom. The van der Waals surface area contributed by atoms with Crippen LogP contribution in [-0.2, 0) is 4.74 Å². The zero-order valence-corrected chi connectivity index (χ0v) is 13.7. The molecule has 0 aromatic heterocycles. The highest BCUT2D eigenvalue weighted by molar-refractivity contribution is 5.77. The Kier molecular flexibility index (Phi) is 3.18. The predicted octanol–water partition coefficient (Wildman–Crippen LogP) is 3.39. The average Bonchev–Trinajstić information content (AvgIpc) is 3.30. The van der Waals surface area contributed by atoms with Crippen molar-refractivity contribution in [2.45, 2.75) is 31.3 Å². The number of ether oxygens (including phenoxy) is 1. The van der Waals surface area contributed by atoms with Gasteiger partial charge in [-0.3, -0.25) is 0 Å². The molecule has 1 saturated heterocycles. The number of carbonyl (C=O) groups is 1. The molecule has 0 spiro atoms. The summed E-state index contributed by atoms with van der Waals surface area (Å²) in [7, 11) is 0. The number of hydrogen-bond donors (Lipinski definition) is 1. The molecule has 4 nitrogen and oxygen atoms in total. The topological polar surface area (TPSA) is 41.6 Å². The van der Waals surface area contributed by atoms with Gasteiger partial charge in [0.2, 0.25) is 0 Å². The molecule has 3 unspecified atom stereocenters. The highest BCUT2D eigenvalue weighted by Gasteiger charge is 2.47. The van der Waals surface area contributed by atoms with Gasteiger partial charge in [0.25, 0.3) is 0 Å². The van der Waals surface area contributed by atoms with E-state index in [0.29, 0.717) is 5.92 Å². The molecule has 0 bridgehead atoms. The number of amides is 2. The van der Waals surface area contributed by atoms with Crippen molar-refractivity contribution in [3.8, 4) is 0 Å². The number of hydrogen-bond acceptors (Lipinski definition) is 2. The summed E-state index contributed by atoms with van der Waals surface area (Å²) in [6.45, 7) is 1.62. The van der Waals surface area contributed by atoms with Crippen LogP contribution in [0, 0.1) is 11.8 Å². The minimum Gasteiger partial charge on any atom is -0.493 e. The maximum Gasteiger partial charge on any atom is 0.318 e. The van der Waals surface area contributed by atoms with E-state index < -0.39 is 0 Å². The third-order valence-corrected chi connectivity index (χ3v) is 5.71. The van der Waals surface area contributed by atoms with Gasteiger partial charge in [0.15, 0.2) is 0 Å². The van der Waals surface area contributed by atoms with Gasteiger partial charge in [-0.25, -0.2) is 4.79 Å². The van der Waals surface area contributed by atoms with E-state index in [1.165, 1.54) is 24.0 Å². The molecular formula is C20H22N2O2. The molecule has 124 valence electrons. The maximum absolute atomic E-state index is 12.9. The molecular weight excluding hydrogens is 300 g/mol. The normalized spacial score (nSPS) is 31.4. The third kappa shape index (κ3) is 2.24. The summed E-state index contributed by atoms with van der Waals surface area (Å²) >= 11 is 0. The van der Waals surface area contributed by atoms with Crippen LogP contribution in [0.1, 0.15) is 30.9 Å². The van der Waals surface area contributed by atoms with Crippen LogP contribution in [0.4, 0.5) is 4.79 Å². The Bertz CT molecular complexity index is 720. The van der Waals surface area contributed by atoms with E-state index in [0.717, 1.165) is 25.3 Å². The summed E-state index contributed by atoms with van der Waals surface area (Å²) in [4.78, 5) is 15.0. The zero-order chi connectivity index (χ0) is 16.1. The molecule has 1 saturated carbocycles. The van der Waals surface area contributed by atoms with Crippen molar-refractivity contribution < 1.29 is 9.53 Å². The number of fused-ring (bicyclic) bond motifs is 2. The van der Waals surface area contributed by atoms with Gasteiger partial charge in [-0.05, 0) is 36.0 Å². The lowest BCUT2D eigenvalue weighted by Crippen LogP contribution is -2.59. The van der Waals surface area contributed by atoms with E-state index in [4.69, 9.17) is 4.74 Å². The van der Waals surface area contributed by atoms with Gasteiger partial charge in [0.05, 0.1) is 18.7 Å². The van der Waals surface area contributed by atoms with Crippen molar-refractivity contribution in [3.63, 3.8) is 0 Å². The van der Waals surface area contributed by atoms with E-state index in [1.807, 2.05) is 18.2 Å². The molecule has 4 heteroatoms. The van der Waals surface area contributed by atoms with Gasteiger partial charge < -0.3 is 15.0 Å². The van der Waals surface area contributed by atoms with Crippen molar-refractivity contribution in [2.75, 3.05) is 13.2 Å². The first-order chi connectivity index (χ1) is 11.8. The number of urea groups is 1. The summed E-state index contributed by atoms with van der Waals surface area (Å²) in [5.41, 5.74) is 2.50. The second-order valence-corrected chi connectivity index (χ2v) is 7.30. The monoisotopic (exact) mass is 322 g/mol. The Labute approximate surface area is 142 Å². The van der Waals surface area contributed by atoms with Crippen LogP contribution in [0.2, 0.25) is 0 Å². The second-order valence-electron chi connectivity index (χ2n) is 7.30. The number of carbonyl (C=O) groups excluding carboxylic acids is 1. The Hall–Kier alpha value is -2.23. The Balaban J connectivity index is 1.54. The van der Waals surface area contributed by atoms with Crippen LogP contribution < -0.4 is 5.32 Å². The molecule has 3 atom stereocenters. The molecule has 1 aromatic carbocycles. The first-order valence-corrected chi connectivity index (χ1v) is 8.97. The highest BCUT2D eigenvalue weighted by Crippen LogP contribution is 2.44. The van der Waals surface area contributed by atoms with Crippen molar-refractivity contribution >= 4 is 6.03 Å². The van der Waals surface area contributed by atoms with E-state index in [9.17, 15) is 4.79 Å². The molecule has 1 aromatic rings. The standard InChI is InChI=1S/C20H22N2O2/c23-20-21-18(14-4-2-1-3-5-14)16-8-9-17-15(10-11-24-17)19(16)22(20)12-13-6-7-13/h1-5,8-9,13,16,18-19H,6-7,10-12H2,(H,21,23). The van der Waals surface area contributed by atoms with Crippen molar-refractivity contribution in [1.29, 1.82) is 0 Å². The van der Waals surface area contributed by atoms with Gasteiger partial charge >= 0.3 is 6.03 Å². The minimum atomic E-state index is 0.0325. The first kappa shape index (κ1) is 14.1. The van der Waals surface area contributed by atoms with Crippen LogP contribution in [0.5, 0.6) is 0 Å². The zero-order valence-electron chi connectivity index (χ0n) is 13.7.